The first-order valence-electron chi connectivity index (χ1n) is 9.35. The number of carbonyl (C=O) groups is 2. The van der Waals surface area contributed by atoms with E-state index in [0.29, 0.717) is 28.5 Å². The first-order chi connectivity index (χ1) is 15.1. The zero-order valence-corrected chi connectivity index (χ0v) is 19.5. The summed E-state index contributed by atoms with van der Waals surface area (Å²) in [6.45, 7) is 5.03. The number of thiazole rings is 1. The summed E-state index contributed by atoms with van der Waals surface area (Å²) in [6, 6.07) is 6.44. The van der Waals surface area contributed by atoms with E-state index in [2.05, 4.69) is 9.17 Å². The van der Waals surface area contributed by atoms with Gasteiger partial charge in [0.15, 0.2) is 5.01 Å². The second-order valence-corrected chi connectivity index (χ2v) is 10.5. The molecule has 178 valence electrons. The molecule has 0 N–H and O–H groups in total. The summed E-state index contributed by atoms with van der Waals surface area (Å²) in [7, 11) is -4.46. The SMILES string of the molecule is CC(C)(C)OC(=O)n1cc(C(=O)c2nc(C(OS(C)(=O)=O)C(F)(F)F)cs2)c2ccccc21. The quantitative estimate of drug-likeness (QED) is 0.367. The minimum atomic E-state index is -5.08. The number of aromatic nitrogens is 2. The Bertz CT molecular complexity index is 1320. The van der Waals surface area contributed by atoms with Crippen LogP contribution in [0.1, 0.15) is 47.9 Å². The molecule has 2 aromatic heterocycles. The minimum absolute atomic E-state index is 0.0185. The fraction of sp³-hybridized carbons (Fsp3) is 0.350. The molecule has 1 atom stereocenters. The van der Waals surface area contributed by atoms with Crippen molar-refractivity contribution in [3.8, 4) is 0 Å². The van der Waals surface area contributed by atoms with Crippen LogP contribution in [0.5, 0.6) is 0 Å². The number of ether oxygens (including phenoxy) is 1. The smallest absolute Gasteiger partial charge is 0.421 e. The molecule has 0 saturated heterocycles. The van der Waals surface area contributed by atoms with Gasteiger partial charge in [-0.05, 0) is 26.8 Å². The van der Waals surface area contributed by atoms with Crippen molar-refractivity contribution < 1.29 is 40.1 Å². The summed E-state index contributed by atoms with van der Waals surface area (Å²) in [4.78, 5) is 29.4. The Morgan fingerprint density at radius 1 is 1.15 bits per heavy atom. The Labute approximate surface area is 191 Å². The molecule has 0 aliphatic rings. The first-order valence-corrected chi connectivity index (χ1v) is 12.0. The van der Waals surface area contributed by atoms with Crippen molar-refractivity contribution in [1.29, 1.82) is 0 Å². The lowest BCUT2D eigenvalue weighted by Crippen LogP contribution is -2.26. The summed E-state index contributed by atoms with van der Waals surface area (Å²) >= 11 is 0.598. The van der Waals surface area contributed by atoms with Crippen LogP contribution in [0.3, 0.4) is 0 Å². The topological polar surface area (TPSA) is 105 Å². The third kappa shape index (κ3) is 5.78. The highest BCUT2D eigenvalue weighted by atomic mass is 32.2. The molecule has 2 heterocycles. The Hall–Kier alpha value is -2.77. The number of fused-ring (bicyclic) bond motifs is 1. The fourth-order valence-electron chi connectivity index (χ4n) is 2.90. The molecule has 33 heavy (non-hydrogen) atoms. The highest BCUT2D eigenvalue weighted by Crippen LogP contribution is 2.37. The number of carbonyl (C=O) groups excluding carboxylic acids is 2. The zero-order chi connectivity index (χ0) is 24.8. The van der Waals surface area contributed by atoms with E-state index in [-0.39, 0.29) is 10.6 Å². The molecule has 3 aromatic rings. The Morgan fingerprint density at radius 2 is 1.79 bits per heavy atom. The lowest BCUT2D eigenvalue weighted by Gasteiger charge is -2.19. The van der Waals surface area contributed by atoms with E-state index < -0.39 is 45.6 Å². The van der Waals surface area contributed by atoms with Crippen LogP contribution in [-0.4, -0.2) is 47.9 Å². The summed E-state index contributed by atoms with van der Waals surface area (Å²) in [5, 5.41) is 0.942. The molecule has 13 heteroatoms. The van der Waals surface area contributed by atoms with Crippen LogP contribution >= 0.6 is 11.3 Å². The summed E-state index contributed by atoms with van der Waals surface area (Å²) in [5.74, 6) is -0.745. The molecule has 0 saturated carbocycles. The van der Waals surface area contributed by atoms with Gasteiger partial charge in [0.05, 0.1) is 23.0 Å². The standard InChI is InChI=1S/C20H19F3N2O6S2/c1-19(2,3)30-18(27)25-9-12(11-7-5-6-8-14(11)25)15(26)17-24-13(10-32-17)16(20(21,22)23)31-33(4,28)29/h5-10,16H,1-4H3. The van der Waals surface area contributed by atoms with Crippen LogP contribution < -0.4 is 0 Å². The maximum atomic E-state index is 13.3. The monoisotopic (exact) mass is 504 g/mol. The van der Waals surface area contributed by atoms with Crippen molar-refractivity contribution in [2.75, 3.05) is 6.26 Å². The molecular weight excluding hydrogens is 485 g/mol. The Morgan fingerprint density at radius 3 is 2.36 bits per heavy atom. The Kier molecular flexibility index (Phi) is 6.43. The van der Waals surface area contributed by atoms with Crippen molar-refractivity contribution >= 4 is 44.2 Å². The van der Waals surface area contributed by atoms with E-state index in [1.807, 2.05) is 0 Å². The van der Waals surface area contributed by atoms with Gasteiger partial charge in [0, 0.05) is 17.0 Å². The van der Waals surface area contributed by atoms with Gasteiger partial charge in [-0.15, -0.1) is 11.3 Å². The molecule has 0 aliphatic heterocycles. The van der Waals surface area contributed by atoms with Crippen molar-refractivity contribution in [1.82, 2.24) is 9.55 Å². The van der Waals surface area contributed by atoms with E-state index in [4.69, 9.17) is 4.74 Å². The van der Waals surface area contributed by atoms with E-state index >= 15 is 0 Å². The molecule has 3 rings (SSSR count). The average molecular weight is 505 g/mol. The van der Waals surface area contributed by atoms with E-state index in [1.165, 1.54) is 6.20 Å². The molecule has 0 bridgehead atoms. The molecule has 0 spiro atoms. The lowest BCUT2D eigenvalue weighted by atomic mass is 10.1. The third-order valence-corrected chi connectivity index (χ3v) is 5.50. The summed E-state index contributed by atoms with van der Waals surface area (Å²) in [6.07, 6.45) is -6.96. The van der Waals surface area contributed by atoms with Gasteiger partial charge in [0.2, 0.25) is 11.9 Å². The van der Waals surface area contributed by atoms with Gasteiger partial charge in [0.1, 0.15) is 5.60 Å². The largest absolute Gasteiger partial charge is 0.443 e. The second kappa shape index (κ2) is 8.54. The number of benzene rings is 1. The van der Waals surface area contributed by atoms with Crippen molar-refractivity contribution in [2.45, 2.75) is 38.7 Å². The number of alkyl halides is 3. The number of ketones is 1. The summed E-state index contributed by atoms with van der Waals surface area (Å²) in [5.41, 5.74) is -1.19. The highest BCUT2D eigenvalue weighted by molar-refractivity contribution is 7.86. The molecular formula is C20H19F3N2O6S2. The van der Waals surface area contributed by atoms with Crippen molar-refractivity contribution in [3.63, 3.8) is 0 Å². The van der Waals surface area contributed by atoms with Crippen LogP contribution in [0, 0.1) is 0 Å². The summed E-state index contributed by atoms with van der Waals surface area (Å²) < 4.78 is 73.2. The number of nitrogens with zero attached hydrogens (tertiary/aromatic N) is 2. The van der Waals surface area contributed by atoms with Gasteiger partial charge < -0.3 is 4.74 Å². The predicted octanol–water partition coefficient (Wildman–Crippen LogP) is 4.69. The van der Waals surface area contributed by atoms with Gasteiger partial charge in [-0.1, -0.05) is 18.2 Å². The second-order valence-electron chi connectivity index (χ2n) is 8.04. The maximum Gasteiger partial charge on any atom is 0.421 e. The fourth-order valence-corrected chi connectivity index (χ4v) is 4.24. The zero-order valence-electron chi connectivity index (χ0n) is 17.8. The molecule has 8 nitrogen and oxygen atoms in total. The minimum Gasteiger partial charge on any atom is -0.443 e. The Balaban J connectivity index is 2.03. The number of rotatable bonds is 5. The maximum absolute atomic E-state index is 13.3. The van der Waals surface area contributed by atoms with Crippen LogP contribution in [0.2, 0.25) is 0 Å². The highest BCUT2D eigenvalue weighted by Gasteiger charge is 2.46. The molecule has 0 aliphatic carbocycles. The molecule has 1 aromatic carbocycles. The van der Waals surface area contributed by atoms with Gasteiger partial charge in [-0.25, -0.2) is 9.78 Å². The van der Waals surface area contributed by atoms with E-state index in [0.717, 1.165) is 9.95 Å². The normalized spacial score (nSPS) is 13.8. The molecule has 0 fully saturated rings. The number of hydrogen-bond acceptors (Lipinski definition) is 8. The van der Waals surface area contributed by atoms with Crippen molar-refractivity contribution in [3.05, 3.63) is 52.1 Å². The molecule has 1 unspecified atom stereocenters. The molecule has 0 radical (unpaired) electrons. The average Bonchev–Trinajstić information content (AvgIpc) is 3.28. The number of hydrogen-bond donors (Lipinski definition) is 0. The van der Waals surface area contributed by atoms with E-state index in [1.54, 1.807) is 45.0 Å². The number of halogens is 3. The van der Waals surface area contributed by atoms with Crippen LogP contribution in [-0.2, 0) is 19.0 Å². The van der Waals surface area contributed by atoms with Crippen LogP contribution in [0.4, 0.5) is 18.0 Å². The van der Waals surface area contributed by atoms with Gasteiger partial charge in [0.25, 0.3) is 10.1 Å². The lowest BCUT2D eigenvalue weighted by molar-refractivity contribution is -0.197. The third-order valence-electron chi connectivity index (χ3n) is 4.10. The first kappa shape index (κ1) is 24.9. The number of para-hydroxylation sites is 1. The van der Waals surface area contributed by atoms with E-state index in [9.17, 15) is 31.2 Å². The van der Waals surface area contributed by atoms with Crippen molar-refractivity contribution in [2.24, 2.45) is 0 Å². The van der Waals surface area contributed by atoms with Gasteiger partial charge >= 0.3 is 12.3 Å². The van der Waals surface area contributed by atoms with Crippen LogP contribution in [0.25, 0.3) is 10.9 Å². The molecule has 0 amide bonds. The van der Waals surface area contributed by atoms with Gasteiger partial charge in [-0.2, -0.15) is 21.6 Å². The predicted molar refractivity (Wildman–Crippen MR) is 114 cm³/mol. The van der Waals surface area contributed by atoms with Gasteiger partial charge in [-0.3, -0.25) is 13.5 Å². The van der Waals surface area contributed by atoms with Crippen LogP contribution in [0.15, 0.2) is 35.8 Å².